The number of nitrogens with two attached hydrogens (primary N) is 1. The maximum absolute atomic E-state index is 12.4. The second kappa shape index (κ2) is 3.92. The number of aromatic nitrogens is 1. The standard InChI is InChI=1S/C7H4BrF5N2/c8-4-2(14)1-15-5(6(9)10)3(4)7(11,12)13/h1,6H,14H2. The molecular weight excluding hydrogens is 287 g/mol. The Morgan fingerprint density at radius 2 is 1.87 bits per heavy atom. The van der Waals surface area contributed by atoms with Gasteiger partial charge in [0, 0.05) is 0 Å². The average molecular weight is 291 g/mol. The Labute approximate surface area is 89.4 Å². The van der Waals surface area contributed by atoms with Gasteiger partial charge < -0.3 is 5.73 Å². The molecule has 2 N–H and O–H groups in total. The van der Waals surface area contributed by atoms with Gasteiger partial charge >= 0.3 is 6.18 Å². The van der Waals surface area contributed by atoms with Crippen LogP contribution in [0, 0.1) is 0 Å². The van der Waals surface area contributed by atoms with Crippen LogP contribution in [0.5, 0.6) is 0 Å². The molecule has 15 heavy (non-hydrogen) atoms. The number of halogens is 6. The fourth-order valence-corrected chi connectivity index (χ4v) is 1.48. The Kier molecular flexibility index (Phi) is 3.17. The van der Waals surface area contributed by atoms with E-state index in [1.165, 1.54) is 0 Å². The van der Waals surface area contributed by atoms with Gasteiger partial charge in [0.2, 0.25) is 0 Å². The van der Waals surface area contributed by atoms with Crippen LogP contribution in [0.2, 0.25) is 0 Å². The second-order valence-corrected chi connectivity index (χ2v) is 3.38. The van der Waals surface area contributed by atoms with E-state index in [9.17, 15) is 22.0 Å². The third-order valence-electron chi connectivity index (χ3n) is 1.56. The number of hydrogen-bond donors (Lipinski definition) is 1. The average Bonchev–Trinajstić information content (AvgIpc) is 2.06. The van der Waals surface area contributed by atoms with E-state index in [1.807, 2.05) is 0 Å². The summed E-state index contributed by atoms with van der Waals surface area (Å²) in [6.07, 6.45) is -7.48. The van der Waals surface area contributed by atoms with E-state index in [0.717, 1.165) is 6.20 Å². The Bertz CT molecular complexity index is 376. The van der Waals surface area contributed by atoms with Crippen molar-refractivity contribution in [2.24, 2.45) is 0 Å². The highest BCUT2D eigenvalue weighted by molar-refractivity contribution is 9.10. The summed E-state index contributed by atoms with van der Waals surface area (Å²) in [6, 6.07) is 0. The van der Waals surface area contributed by atoms with Crippen LogP contribution in [0.15, 0.2) is 10.7 Å². The van der Waals surface area contributed by atoms with Gasteiger partial charge in [0.1, 0.15) is 5.69 Å². The molecule has 1 aromatic rings. The molecule has 1 heterocycles. The third-order valence-corrected chi connectivity index (χ3v) is 2.42. The monoisotopic (exact) mass is 290 g/mol. The molecule has 0 aliphatic rings. The third kappa shape index (κ3) is 2.36. The molecule has 0 unspecified atom stereocenters. The number of rotatable bonds is 1. The van der Waals surface area contributed by atoms with E-state index in [-0.39, 0.29) is 5.69 Å². The fourth-order valence-electron chi connectivity index (χ4n) is 0.952. The lowest BCUT2D eigenvalue weighted by molar-refractivity contribution is -0.140. The Hall–Kier alpha value is -0.920. The maximum atomic E-state index is 12.4. The van der Waals surface area contributed by atoms with E-state index in [1.54, 1.807) is 0 Å². The SMILES string of the molecule is Nc1cnc(C(F)F)c(C(F)(F)F)c1Br. The van der Waals surface area contributed by atoms with Crippen LogP contribution in [-0.4, -0.2) is 4.98 Å². The van der Waals surface area contributed by atoms with Crippen LogP contribution in [0.25, 0.3) is 0 Å². The lowest BCUT2D eigenvalue weighted by Crippen LogP contribution is -2.13. The van der Waals surface area contributed by atoms with Crippen molar-refractivity contribution in [3.8, 4) is 0 Å². The number of anilines is 1. The summed E-state index contributed by atoms with van der Waals surface area (Å²) in [7, 11) is 0. The first-order valence-corrected chi connectivity index (χ1v) is 4.33. The molecule has 84 valence electrons. The van der Waals surface area contributed by atoms with E-state index in [0.29, 0.717) is 0 Å². The van der Waals surface area contributed by atoms with Gasteiger partial charge in [-0.1, -0.05) is 0 Å². The van der Waals surface area contributed by atoms with Gasteiger partial charge in [-0.05, 0) is 15.9 Å². The van der Waals surface area contributed by atoms with E-state index in [2.05, 4.69) is 20.9 Å². The topological polar surface area (TPSA) is 38.9 Å². The van der Waals surface area contributed by atoms with Crippen LogP contribution >= 0.6 is 15.9 Å². The zero-order chi connectivity index (χ0) is 11.8. The molecule has 0 spiro atoms. The zero-order valence-corrected chi connectivity index (χ0v) is 8.53. The number of pyridine rings is 1. The molecule has 0 amide bonds. The van der Waals surface area contributed by atoms with Gasteiger partial charge in [0.15, 0.2) is 0 Å². The first-order valence-electron chi connectivity index (χ1n) is 3.54. The largest absolute Gasteiger partial charge is 0.419 e. The van der Waals surface area contributed by atoms with Gasteiger partial charge in [-0.15, -0.1) is 0 Å². The highest BCUT2D eigenvalue weighted by atomic mass is 79.9. The highest BCUT2D eigenvalue weighted by Crippen LogP contribution is 2.41. The van der Waals surface area contributed by atoms with Crippen molar-refractivity contribution in [3.63, 3.8) is 0 Å². The van der Waals surface area contributed by atoms with Crippen molar-refractivity contribution in [3.05, 3.63) is 21.9 Å². The molecule has 1 aromatic heterocycles. The zero-order valence-electron chi connectivity index (χ0n) is 6.95. The van der Waals surface area contributed by atoms with Gasteiger partial charge in [0.05, 0.1) is 21.9 Å². The first kappa shape index (κ1) is 12.2. The molecule has 8 heteroatoms. The Morgan fingerprint density at radius 3 is 2.27 bits per heavy atom. The van der Waals surface area contributed by atoms with Crippen LogP contribution < -0.4 is 5.73 Å². The minimum atomic E-state index is -4.92. The Morgan fingerprint density at radius 1 is 1.33 bits per heavy atom. The normalized spacial score (nSPS) is 12.2. The Balaban J connectivity index is 3.49. The molecule has 0 aliphatic carbocycles. The molecule has 1 rings (SSSR count). The summed E-state index contributed by atoms with van der Waals surface area (Å²) < 4.78 is 61.1. The van der Waals surface area contributed by atoms with E-state index < -0.39 is 28.3 Å². The molecule has 0 aliphatic heterocycles. The van der Waals surface area contributed by atoms with Crippen LogP contribution in [0.4, 0.5) is 27.6 Å². The maximum Gasteiger partial charge on any atom is 0.419 e. The molecule has 0 aromatic carbocycles. The van der Waals surface area contributed by atoms with Gasteiger partial charge in [-0.3, -0.25) is 4.98 Å². The molecule has 0 radical (unpaired) electrons. The quantitative estimate of drug-likeness (QED) is 0.805. The van der Waals surface area contributed by atoms with Gasteiger partial charge in [-0.25, -0.2) is 8.78 Å². The fraction of sp³-hybridized carbons (Fsp3) is 0.286. The summed E-state index contributed by atoms with van der Waals surface area (Å²) in [5, 5.41) is 0. The molecule has 0 bridgehead atoms. The first-order chi connectivity index (χ1) is 6.75. The number of nitrogens with zero attached hydrogens (tertiary/aromatic N) is 1. The van der Waals surface area contributed by atoms with E-state index in [4.69, 9.17) is 5.73 Å². The number of alkyl halides is 5. The predicted octanol–water partition coefficient (Wildman–Crippen LogP) is 3.38. The van der Waals surface area contributed by atoms with Crippen LogP contribution in [0.3, 0.4) is 0 Å². The smallest absolute Gasteiger partial charge is 0.397 e. The number of nitrogen functional groups attached to an aromatic ring is 1. The highest BCUT2D eigenvalue weighted by Gasteiger charge is 2.39. The van der Waals surface area contributed by atoms with Crippen LogP contribution in [0.1, 0.15) is 17.7 Å². The molecule has 0 saturated heterocycles. The summed E-state index contributed by atoms with van der Waals surface area (Å²) in [6.45, 7) is 0. The molecule has 0 saturated carbocycles. The van der Waals surface area contributed by atoms with Crippen molar-refractivity contribution in [2.45, 2.75) is 12.6 Å². The van der Waals surface area contributed by atoms with Gasteiger partial charge in [0.25, 0.3) is 6.43 Å². The minimum Gasteiger partial charge on any atom is -0.397 e. The van der Waals surface area contributed by atoms with Crippen molar-refractivity contribution >= 4 is 21.6 Å². The molecule has 0 atom stereocenters. The summed E-state index contributed by atoms with van der Waals surface area (Å²) in [4.78, 5) is 2.98. The summed E-state index contributed by atoms with van der Waals surface area (Å²) in [5.41, 5.74) is 1.93. The second-order valence-electron chi connectivity index (χ2n) is 2.59. The lowest BCUT2D eigenvalue weighted by atomic mass is 10.2. The van der Waals surface area contributed by atoms with Crippen LogP contribution in [-0.2, 0) is 6.18 Å². The minimum absolute atomic E-state index is 0.341. The molecule has 2 nitrogen and oxygen atoms in total. The molecular formula is C7H4BrF5N2. The number of hydrogen-bond acceptors (Lipinski definition) is 2. The van der Waals surface area contributed by atoms with Crippen molar-refractivity contribution in [1.82, 2.24) is 4.98 Å². The van der Waals surface area contributed by atoms with Crippen molar-refractivity contribution in [1.29, 1.82) is 0 Å². The van der Waals surface area contributed by atoms with Gasteiger partial charge in [-0.2, -0.15) is 13.2 Å². The van der Waals surface area contributed by atoms with Crippen molar-refractivity contribution < 1.29 is 22.0 Å². The summed E-state index contributed by atoms with van der Waals surface area (Å²) in [5.74, 6) is 0. The summed E-state index contributed by atoms with van der Waals surface area (Å²) >= 11 is 2.52. The lowest BCUT2D eigenvalue weighted by Gasteiger charge is -2.14. The van der Waals surface area contributed by atoms with Crippen molar-refractivity contribution in [2.75, 3.05) is 5.73 Å². The molecule has 0 fully saturated rings. The predicted molar refractivity (Wildman–Crippen MR) is 46.3 cm³/mol. The van der Waals surface area contributed by atoms with E-state index >= 15 is 0 Å².